The number of H-pyrrole nitrogens is 1. The van der Waals surface area contributed by atoms with E-state index in [1.165, 1.54) is 19.2 Å². The number of hydrogen-bond donors (Lipinski definition) is 1. The number of nitrogens with zero attached hydrogens (tertiary/aromatic N) is 1. The number of esters is 1. The molecule has 0 aliphatic carbocycles. The number of aromatic nitrogens is 2. The molecule has 1 aromatic carbocycles. The Kier molecular flexibility index (Phi) is 2.91. The summed E-state index contributed by atoms with van der Waals surface area (Å²) in [7, 11) is 1.28. The fourth-order valence-electron chi connectivity index (χ4n) is 1.67. The van der Waals surface area contributed by atoms with E-state index in [0.29, 0.717) is 16.8 Å². The van der Waals surface area contributed by atoms with Crippen LogP contribution in [0.25, 0.3) is 11.1 Å². The van der Waals surface area contributed by atoms with Crippen molar-refractivity contribution in [3.63, 3.8) is 0 Å². The van der Waals surface area contributed by atoms with Gasteiger partial charge in [0.25, 0.3) is 0 Å². The van der Waals surface area contributed by atoms with E-state index in [2.05, 4.69) is 14.9 Å². The lowest BCUT2D eigenvalue weighted by Crippen LogP contribution is -2.03. The molecule has 0 bridgehead atoms. The standard InChI is InChI=1S/C12H11FN2O2/c1-7-10(8-4-3-5-9(13)6-8)11(15-14-7)12(16)17-2/h3-6H,1-2H3,(H,14,15). The average molecular weight is 234 g/mol. The Labute approximate surface area is 97.4 Å². The average Bonchev–Trinajstić information content (AvgIpc) is 2.70. The molecule has 2 aromatic rings. The molecule has 0 radical (unpaired) electrons. The van der Waals surface area contributed by atoms with Gasteiger partial charge in [-0.25, -0.2) is 9.18 Å². The SMILES string of the molecule is COC(=O)c1n[nH]c(C)c1-c1cccc(F)c1. The van der Waals surface area contributed by atoms with Crippen molar-refractivity contribution >= 4 is 5.97 Å². The van der Waals surface area contributed by atoms with Gasteiger partial charge in [-0.15, -0.1) is 0 Å². The van der Waals surface area contributed by atoms with Crippen molar-refractivity contribution in [1.82, 2.24) is 10.2 Å². The first-order chi connectivity index (χ1) is 8.13. The predicted molar refractivity (Wildman–Crippen MR) is 60.1 cm³/mol. The van der Waals surface area contributed by atoms with Gasteiger partial charge in [0.05, 0.1) is 7.11 Å². The Bertz CT molecular complexity index is 563. The molecule has 0 aliphatic heterocycles. The number of carbonyl (C=O) groups excluding carboxylic acids is 1. The van der Waals surface area contributed by atoms with Gasteiger partial charge in [-0.1, -0.05) is 12.1 Å². The van der Waals surface area contributed by atoms with Gasteiger partial charge < -0.3 is 4.74 Å². The number of hydrogen-bond acceptors (Lipinski definition) is 3. The molecule has 5 heteroatoms. The minimum Gasteiger partial charge on any atom is -0.464 e. The van der Waals surface area contributed by atoms with Gasteiger partial charge in [-0.3, -0.25) is 5.10 Å². The van der Waals surface area contributed by atoms with Crippen molar-refractivity contribution in [3.05, 3.63) is 41.5 Å². The van der Waals surface area contributed by atoms with Gasteiger partial charge >= 0.3 is 5.97 Å². The first-order valence-electron chi connectivity index (χ1n) is 5.02. The largest absolute Gasteiger partial charge is 0.464 e. The molecule has 0 atom stereocenters. The minimum atomic E-state index is -0.548. The van der Waals surface area contributed by atoms with E-state index in [9.17, 15) is 9.18 Å². The Hall–Kier alpha value is -2.17. The molecule has 2 rings (SSSR count). The number of rotatable bonds is 2. The number of methoxy groups -OCH3 is 1. The molecule has 1 aromatic heterocycles. The van der Waals surface area contributed by atoms with E-state index in [4.69, 9.17) is 0 Å². The number of nitrogens with one attached hydrogen (secondary N) is 1. The van der Waals surface area contributed by atoms with E-state index >= 15 is 0 Å². The molecule has 0 fully saturated rings. The summed E-state index contributed by atoms with van der Waals surface area (Å²) in [6.07, 6.45) is 0. The number of halogens is 1. The highest BCUT2D eigenvalue weighted by Gasteiger charge is 2.19. The fraction of sp³-hybridized carbons (Fsp3) is 0.167. The first-order valence-corrected chi connectivity index (χ1v) is 5.02. The zero-order valence-electron chi connectivity index (χ0n) is 9.45. The lowest BCUT2D eigenvalue weighted by atomic mass is 10.0. The summed E-state index contributed by atoms with van der Waals surface area (Å²) in [5.74, 6) is -0.910. The van der Waals surface area contributed by atoms with E-state index in [-0.39, 0.29) is 11.5 Å². The predicted octanol–water partition coefficient (Wildman–Crippen LogP) is 2.31. The smallest absolute Gasteiger partial charge is 0.359 e. The lowest BCUT2D eigenvalue weighted by molar-refractivity contribution is 0.0595. The lowest BCUT2D eigenvalue weighted by Gasteiger charge is -2.03. The van der Waals surface area contributed by atoms with Crippen LogP contribution in [0.5, 0.6) is 0 Å². The Balaban J connectivity index is 2.58. The second-order valence-electron chi connectivity index (χ2n) is 3.57. The maximum Gasteiger partial charge on any atom is 0.359 e. The maximum atomic E-state index is 13.2. The van der Waals surface area contributed by atoms with Crippen LogP contribution < -0.4 is 0 Å². The monoisotopic (exact) mass is 234 g/mol. The van der Waals surface area contributed by atoms with Crippen LogP contribution in [-0.4, -0.2) is 23.3 Å². The number of ether oxygens (including phenoxy) is 1. The quantitative estimate of drug-likeness (QED) is 0.811. The van der Waals surface area contributed by atoms with Crippen LogP contribution in [-0.2, 0) is 4.74 Å². The van der Waals surface area contributed by atoms with Gasteiger partial charge in [0.2, 0.25) is 0 Å². The molecule has 1 N–H and O–H groups in total. The van der Waals surface area contributed by atoms with Gasteiger partial charge in [-0.05, 0) is 24.6 Å². The number of carbonyl (C=O) groups is 1. The Morgan fingerprint density at radius 2 is 2.24 bits per heavy atom. The fourth-order valence-corrected chi connectivity index (χ4v) is 1.67. The minimum absolute atomic E-state index is 0.163. The maximum absolute atomic E-state index is 13.2. The van der Waals surface area contributed by atoms with Crippen molar-refractivity contribution in [2.24, 2.45) is 0 Å². The summed E-state index contributed by atoms with van der Waals surface area (Å²) < 4.78 is 17.8. The van der Waals surface area contributed by atoms with E-state index in [1.54, 1.807) is 19.1 Å². The number of benzene rings is 1. The molecule has 4 nitrogen and oxygen atoms in total. The molecule has 0 spiro atoms. The first kappa shape index (κ1) is 11.3. The topological polar surface area (TPSA) is 55.0 Å². The molecule has 0 aliphatic rings. The van der Waals surface area contributed by atoms with Gasteiger partial charge in [0, 0.05) is 11.3 Å². The molecule has 0 saturated heterocycles. The van der Waals surface area contributed by atoms with Gasteiger partial charge in [0.15, 0.2) is 5.69 Å². The van der Waals surface area contributed by atoms with E-state index in [1.807, 2.05) is 0 Å². The molecular formula is C12H11FN2O2. The second-order valence-corrected chi connectivity index (χ2v) is 3.57. The van der Waals surface area contributed by atoms with Crippen LogP contribution in [0.2, 0.25) is 0 Å². The van der Waals surface area contributed by atoms with E-state index in [0.717, 1.165) is 0 Å². The summed E-state index contributed by atoms with van der Waals surface area (Å²) in [6, 6.07) is 5.99. The Morgan fingerprint density at radius 3 is 2.88 bits per heavy atom. The van der Waals surface area contributed by atoms with Crippen LogP contribution in [0.4, 0.5) is 4.39 Å². The summed E-state index contributed by atoms with van der Waals surface area (Å²) in [5.41, 5.74) is 2.01. The van der Waals surface area contributed by atoms with E-state index < -0.39 is 5.97 Å². The van der Waals surface area contributed by atoms with Crippen molar-refractivity contribution in [3.8, 4) is 11.1 Å². The zero-order chi connectivity index (χ0) is 12.4. The molecular weight excluding hydrogens is 223 g/mol. The summed E-state index contributed by atoms with van der Waals surface area (Å²) >= 11 is 0. The van der Waals surface area contributed by atoms with Gasteiger partial charge in [-0.2, -0.15) is 5.10 Å². The number of aryl methyl sites for hydroxylation is 1. The van der Waals surface area contributed by atoms with Crippen molar-refractivity contribution in [1.29, 1.82) is 0 Å². The number of aromatic amines is 1. The zero-order valence-corrected chi connectivity index (χ0v) is 9.45. The summed E-state index contributed by atoms with van der Waals surface area (Å²) in [4.78, 5) is 11.5. The van der Waals surface area contributed by atoms with Crippen molar-refractivity contribution < 1.29 is 13.9 Å². The Morgan fingerprint density at radius 1 is 1.47 bits per heavy atom. The molecule has 0 saturated carbocycles. The third-order valence-electron chi connectivity index (χ3n) is 2.44. The van der Waals surface area contributed by atoms with Crippen LogP contribution >= 0.6 is 0 Å². The van der Waals surface area contributed by atoms with Gasteiger partial charge in [0.1, 0.15) is 5.82 Å². The highest BCUT2D eigenvalue weighted by molar-refractivity contribution is 5.95. The van der Waals surface area contributed by atoms with Crippen LogP contribution in [0, 0.1) is 12.7 Å². The molecule has 0 amide bonds. The summed E-state index contributed by atoms with van der Waals surface area (Å²) in [5, 5.41) is 6.57. The molecule has 17 heavy (non-hydrogen) atoms. The summed E-state index contributed by atoms with van der Waals surface area (Å²) in [6.45, 7) is 1.76. The van der Waals surface area contributed by atoms with Crippen LogP contribution in [0.3, 0.4) is 0 Å². The molecule has 0 unspecified atom stereocenters. The van der Waals surface area contributed by atoms with Crippen LogP contribution in [0.1, 0.15) is 16.2 Å². The highest BCUT2D eigenvalue weighted by Crippen LogP contribution is 2.26. The second kappa shape index (κ2) is 4.37. The van der Waals surface area contributed by atoms with Crippen molar-refractivity contribution in [2.75, 3.05) is 7.11 Å². The van der Waals surface area contributed by atoms with Crippen molar-refractivity contribution in [2.45, 2.75) is 6.92 Å². The molecule has 88 valence electrons. The third kappa shape index (κ3) is 2.04. The normalized spacial score (nSPS) is 10.3. The molecule has 1 heterocycles. The third-order valence-corrected chi connectivity index (χ3v) is 2.44. The highest BCUT2D eigenvalue weighted by atomic mass is 19.1. The van der Waals surface area contributed by atoms with Crippen LogP contribution in [0.15, 0.2) is 24.3 Å².